The Bertz CT molecular complexity index is 198. The van der Waals surface area contributed by atoms with Crippen LogP contribution in [0.4, 0.5) is 0 Å². The Morgan fingerprint density at radius 3 is 2.71 bits per heavy atom. The summed E-state index contributed by atoms with van der Waals surface area (Å²) in [5, 5.41) is 9.61. The van der Waals surface area contributed by atoms with Gasteiger partial charge in [-0.25, -0.2) is 0 Å². The van der Waals surface area contributed by atoms with Crippen molar-refractivity contribution in [2.45, 2.75) is 65.4 Å². The molecule has 1 unspecified atom stereocenters. The minimum Gasteiger partial charge on any atom is -0.389 e. The van der Waals surface area contributed by atoms with Crippen molar-refractivity contribution in [1.29, 1.82) is 0 Å². The first-order valence-corrected chi connectivity index (χ1v) is 5.85. The minimum atomic E-state index is -0.174. The molecule has 0 heterocycles. The SMILES string of the molecule is CC(C)(C)CCC1=CC(O)CCCC1. The van der Waals surface area contributed by atoms with E-state index in [0.717, 1.165) is 6.42 Å². The first kappa shape index (κ1) is 11.8. The maximum absolute atomic E-state index is 9.61. The molecule has 1 heteroatoms. The van der Waals surface area contributed by atoms with Gasteiger partial charge in [0.05, 0.1) is 6.10 Å². The molecular weight excluding hydrogens is 172 g/mol. The first-order chi connectivity index (χ1) is 6.47. The first-order valence-electron chi connectivity index (χ1n) is 5.85. The lowest BCUT2D eigenvalue weighted by Gasteiger charge is -2.18. The summed E-state index contributed by atoms with van der Waals surface area (Å²) in [6.07, 6.45) is 8.91. The number of hydrogen-bond donors (Lipinski definition) is 1. The second-order valence-corrected chi connectivity index (χ2v) is 5.70. The highest BCUT2D eigenvalue weighted by atomic mass is 16.3. The molecule has 1 rings (SSSR count). The lowest BCUT2D eigenvalue weighted by atomic mass is 9.87. The Kier molecular flexibility index (Phi) is 4.18. The molecule has 1 aliphatic rings. The molecule has 0 fully saturated rings. The fourth-order valence-electron chi connectivity index (χ4n) is 1.89. The van der Waals surface area contributed by atoms with Gasteiger partial charge in [-0.1, -0.05) is 38.8 Å². The van der Waals surface area contributed by atoms with Crippen LogP contribution in [0, 0.1) is 5.41 Å². The van der Waals surface area contributed by atoms with E-state index in [1.54, 1.807) is 0 Å². The number of aliphatic hydroxyl groups is 1. The van der Waals surface area contributed by atoms with Crippen LogP contribution in [-0.2, 0) is 0 Å². The molecule has 1 aliphatic carbocycles. The second kappa shape index (κ2) is 4.97. The zero-order valence-electron chi connectivity index (χ0n) is 9.84. The average Bonchev–Trinajstić information content (AvgIpc) is 2.25. The molecule has 0 aromatic heterocycles. The summed E-state index contributed by atoms with van der Waals surface area (Å²) in [6, 6.07) is 0. The van der Waals surface area contributed by atoms with Crippen LogP contribution in [-0.4, -0.2) is 11.2 Å². The van der Waals surface area contributed by atoms with Gasteiger partial charge in [-0.15, -0.1) is 0 Å². The number of aliphatic hydroxyl groups excluding tert-OH is 1. The normalized spacial score (nSPS) is 24.3. The van der Waals surface area contributed by atoms with Gasteiger partial charge in [0.2, 0.25) is 0 Å². The van der Waals surface area contributed by atoms with E-state index in [1.165, 1.54) is 37.7 Å². The summed E-state index contributed by atoms with van der Waals surface area (Å²) < 4.78 is 0. The fourth-order valence-corrected chi connectivity index (χ4v) is 1.89. The van der Waals surface area contributed by atoms with Gasteiger partial charge in [0.15, 0.2) is 0 Å². The van der Waals surface area contributed by atoms with Crippen molar-refractivity contribution in [2.75, 3.05) is 0 Å². The van der Waals surface area contributed by atoms with Crippen molar-refractivity contribution in [3.63, 3.8) is 0 Å². The third kappa shape index (κ3) is 4.80. The number of hydrogen-bond acceptors (Lipinski definition) is 1. The lowest BCUT2D eigenvalue weighted by Crippen LogP contribution is -2.06. The van der Waals surface area contributed by atoms with Gasteiger partial charge in [-0.3, -0.25) is 0 Å². The number of allylic oxidation sites excluding steroid dienone is 1. The molecule has 0 bridgehead atoms. The van der Waals surface area contributed by atoms with Gasteiger partial charge in [-0.2, -0.15) is 0 Å². The van der Waals surface area contributed by atoms with Gasteiger partial charge in [-0.05, 0) is 37.5 Å². The Labute approximate surface area is 88.2 Å². The highest BCUT2D eigenvalue weighted by molar-refractivity contribution is 5.07. The predicted molar refractivity (Wildman–Crippen MR) is 61.2 cm³/mol. The average molecular weight is 196 g/mol. The van der Waals surface area contributed by atoms with E-state index in [2.05, 4.69) is 26.8 Å². The Balaban J connectivity index is 2.42. The summed E-state index contributed by atoms with van der Waals surface area (Å²) in [5.74, 6) is 0. The highest BCUT2D eigenvalue weighted by Gasteiger charge is 2.13. The van der Waals surface area contributed by atoms with E-state index in [0.29, 0.717) is 5.41 Å². The largest absolute Gasteiger partial charge is 0.389 e. The van der Waals surface area contributed by atoms with Crippen molar-refractivity contribution in [3.05, 3.63) is 11.6 Å². The molecule has 14 heavy (non-hydrogen) atoms. The summed E-state index contributed by atoms with van der Waals surface area (Å²) >= 11 is 0. The molecule has 0 amide bonds. The molecule has 1 nitrogen and oxygen atoms in total. The smallest absolute Gasteiger partial charge is 0.0723 e. The summed E-state index contributed by atoms with van der Waals surface area (Å²) in [5.41, 5.74) is 1.89. The van der Waals surface area contributed by atoms with Crippen molar-refractivity contribution < 1.29 is 5.11 Å². The van der Waals surface area contributed by atoms with E-state index >= 15 is 0 Å². The summed E-state index contributed by atoms with van der Waals surface area (Å²) in [7, 11) is 0. The van der Waals surface area contributed by atoms with Gasteiger partial charge >= 0.3 is 0 Å². The fraction of sp³-hybridized carbons (Fsp3) is 0.846. The Morgan fingerprint density at radius 1 is 1.36 bits per heavy atom. The maximum atomic E-state index is 9.61. The monoisotopic (exact) mass is 196 g/mol. The van der Waals surface area contributed by atoms with E-state index in [-0.39, 0.29) is 6.10 Å². The molecule has 0 aromatic rings. The third-order valence-corrected chi connectivity index (χ3v) is 2.87. The van der Waals surface area contributed by atoms with E-state index in [1.807, 2.05) is 0 Å². The minimum absolute atomic E-state index is 0.174. The van der Waals surface area contributed by atoms with Crippen LogP contribution in [0.1, 0.15) is 59.3 Å². The van der Waals surface area contributed by atoms with Crippen LogP contribution in [0.25, 0.3) is 0 Å². The molecule has 82 valence electrons. The van der Waals surface area contributed by atoms with Crippen LogP contribution < -0.4 is 0 Å². The maximum Gasteiger partial charge on any atom is 0.0723 e. The third-order valence-electron chi connectivity index (χ3n) is 2.87. The van der Waals surface area contributed by atoms with E-state index < -0.39 is 0 Å². The van der Waals surface area contributed by atoms with Crippen molar-refractivity contribution in [2.24, 2.45) is 5.41 Å². The molecule has 0 radical (unpaired) electrons. The Hall–Kier alpha value is -0.300. The van der Waals surface area contributed by atoms with Gasteiger partial charge < -0.3 is 5.11 Å². The van der Waals surface area contributed by atoms with Crippen LogP contribution in [0.15, 0.2) is 11.6 Å². The van der Waals surface area contributed by atoms with Crippen molar-refractivity contribution in [1.82, 2.24) is 0 Å². The number of rotatable bonds is 2. The van der Waals surface area contributed by atoms with Crippen molar-refractivity contribution >= 4 is 0 Å². The van der Waals surface area contributed by atoms with Gasteiger partial charge in [0.1, 0.15) is 0 Å². The highest BCUT2D eigenvalue weighted by Crippen LogP contribution is 2.27. The lowest BCUT2D eigenvalue weighted by molar-refractivity contribution is 0.210. The summed E-state index contributed by atoms with van der Waals surface area (Å²) in [4.78, 5) is 0. The predicted octanol–water partition coefficient (Wildman–Crippen LogP) is 3.67. The topological polar surface area (TPSA) is 20.2 Å². The summed E-state index contributed by atoms with van der Waals surface area (Å²) in [6.45, 7) is 6.84. The molecule has 0 aliphatic heterocycles. The zero-order chi connectivity index (χ0) is 10.6. The van der Waals surface area contributed by atoms with E-state index in [9.17, 15) is 5.11 Å². The molecule has 0 saturated heterocycles. The van der Waals surface area contributed by atoms with Gasteiger partial charge in [0, 0.05) is 0 Å². The molecule has 0 saturated carbocycles. The molecular formula is C13H24O. The van der Waals surface area contributed by atoms with Crippen LogP contribution in [0.2, 0.25) is 0 Å². The quantitative estimate of drug-likeness (QED) is 0.668. The Morgan fingerprint density at radius 2 is 2.07 bits per heavy atom. The zero-order valence-corrected chi connectivity index (χ0v) is 9.84. The van der Waals surface area contributed by atoms with Crippen LogP contribution in [0.3, 0.4) is 0 Å². The molecule has 1 N–H and O–H groups in total. The van der Waals surface area contributed by atoms with Crippen LogP contribution in [0.5, 0.6) is 0 Å². The van der Waals surface area contributed by atoms with Crippen molar-refractivity contribution in [3.8, 4) is 0 Å². The standard InChI is InChI=1S/C13H24O/c1-13(2,3)9-8-11-6-4-5-7-12(14)10-11/h10,12,14H,4-9H2,1-3H3. The van der Waals surface area contributed by atoms with Crippen LogP contribution >= 0.6 is 0 Å². The van der Waals surface area contributed by atoms with Gasteiger partial charge in [0.25, 0.3) is 0 Å². The van der Waals surface area contributed by atoms with E-state index in [4.69, 9.17) is 0 Å². The second-order valence-electron chi connectivity index (χ2n) is 5.70. The molecule has 0 spiro atoms. The molecule has 1 atom stereocenters. The molecule has 0 aromatic carbocycles.